The predicted molar refractivity (Wildman–Crippen MR) is 65.9 cm³/mol. The lowest BCUT2D eigenvalue weighted by Crippen LogP contribution is -2.48. The summed E-state index contributed by atoms with van der Waals surface area (Å²) < 4.78 is 4.62. The quantitative estimate of drug-likeness (QED) is 0.594. The molecule has 3 amide bonds. The molecule has 0 aliphatic rings. The Morgan fingerprint density at radius 1 is 1.06 bits per heavy atom. The number of amides is 3. The van der Waals surface area contributed by atoms with Crippen molar-refractivity contribution in [3.63, 3.8) is 0 Å². The largest absolute Gasteiger partial charge is 0.465 e. The van der Waals surface area contributed by atoms with E-state index in [1.54, 1.807) is 6.92 Å². The first-order valence-corrected chi connectivity index (χ1v) is 5.73. The number of esters is 1. The molecule has 0 spiro atoms. The van der Waals surface area contributed by atoms with Crippen LogP contribution in [0.15, 0.2) is 0 Å². The van der Waals surface area contributed by atoms with Crippen LogP contribution < -0.4 is 16.0 Å². The number of carbonyl (C=O) groups excluding carboxylic acids is 3. The molecule has 0 unspecified atom stereocenters. The van der Waals surface area contributed by atoms with Crippen LogP contribution in [0.4, 0.5) is 4.79 Å². The molecule has 0 rings (SSSR count). The minimum absolute atomic E-state index is 0.147. The van der Waals surface area contributed by atoms with Gasteiger partial charge in [-0.15, -0.1) is 0 Å². The van der Waals surface area contributed by atoms with Gasteiger partial charge in [0, 0.05) is 5.54 Å². The van der Waals surface area contributed by atoms with Gasteiger partial charge in [-0.05, 0) is 27.7 Å². The molecule has 0 fully saturated rings. The fourth-order valence-electron chi connectivity index (χ4n) is 1.05. The van der Waals surface area contributed by atoms with Crippen LogP contribution in [0, 0.1) is 0 Å². The standard InChI is InChI=1S/C11H21N3O4/c1-5-18-9(16)7-13-10(17)12-6-8(15)14-11(2,3)4/h5-7H2,1-4H3,(H,14,15)(H2,12,13,17). The average molecular weight is 259 g/mol. The van der Waals surface area contributed by atoms with Gasteiger partial charge in [-0.25, -0.2) is 4.79 Å². The lowest BCUT2D eigenvalue weighted by atomic mass is 10.1. The minimum Gasteiger partial charge on any atom is -0.465 e. The second-order valence-corrected chi connectivity index (χ2v) is 4.64. The highest BCUT2D eigenvalue weighted by atomic mass is 16.5. The van der Waals surface area contributed by atoms with E-state index < -0.39 is 12.0 Å². The van der Waals surface area contributed by atoms with E-state index in [-0.39, 0.29) is 31.1 Å². The summed E-state index contributed by atoms with van der Waals surface area (Å²) in [4.78, 5) is 33.5. The molecule has 7 heteroatoms. The molecule has 0 heterocycles. The second-order valence-electron chi connectivity index (χ2n) is 4.64. The van der Waals surface area contributed by atoms with E-state index in [0.717, 1.165) is 0 Å². The highest BCUT2D eigenvalue weighted by Crippen LogP contribution is 1.96. The maximum Gasteiger partial charge on any atom is 0.325 e. The van der Waals surface area contributed by atoms with Crippen molar-refractivity contribution >= 4 is 17.9 Å². The topological polar surface area (TPSA) is 96.5 Å². The lowest BCUT2D eigenvalue weighted by molar-refractivity contribution is -0.141. The molecule has 0 bridgehead atoms. The van der Waals surface area contributed by atoms with Crippen molar-refractivity contribution in [1.29, 1.82) is 0 Å². The third-order valence-corrected chi connectivity index (χ3v) is 1.62. The second kappa shape index (κ2) is 7.52. The summed E-state index contributed by atoms with van der Waals surface area (Å²) in [6.45, 7) is 7.08. The van der Waals surface area contributed by atoms with Crippen molar-refractivity contribution in [2.75, 3.05) is 19.7 Å². The van der Waals surface area contributed by atoms with Crippen molar-refractivity contribution in [2.45, 2.75) is 33.2 Å². The Labute approximate surface area is 107 Å². The molecule has 3 N–H and O–H groups in total. The third-order valence-electron chi connectivity index (χ3n) is 1.62. The first-order chi connectivity index (χ1) is 8.24. The Balaban J connectivity index is 3.77. The van der Waals surface area contributed by atoms with E-state index >= 15 is 0 Å². The van der Waals surface area contributed by atoms with E-state index in [0.29, 0.717) is 0 Å². The van der Waals surface area contributed by atoms with E-state index in [9.17, 15) is 14.4 Å². The van der Waals surface area contributed by atoms with Gasteiger partial charge in [-0.2, -0.15) is 0 Å². The minimum atomic E-state index is -0.591. The SMILES string of the molecule is CCOC(=O)CNC(=O)NCC(=O)NC(C)(C)C. The number of ether oxygens (including phenoxy) is 1. The summed E-state index contributed by atoms with van der Waals surface area (Å²) in [6.07, 6.45) is 0. The van der Waals surface area contributed by atoms with E-state index in [2.05, 4.69) is 20.7 Å². The summed E-state index contributed by atoms with van der Waals surface area (Å²) in [5, 5.41) is 7.30. The molecule has 0 aromatic carbocycles. The van der Waals surface area contributed by atoms with E-state index in [4.69, 9.17) is 0 Å². The Morgan fingerprint density at radius 2 is 1.61 bits per heavy atom. The Bertz CT molecular complexity index is 310. The highest BCUT2D eigenvalue weighted by Gasteiger charge is 2.14. The molecular formula is C11H21N3O4. The third kappa shape index (κ3) is 9.44. The number of rotatable bonds is 5. The maximum atomic E-state index is 11.4. The van der Waals surface area contributed by atoms with Gasteiger partial charge in [-0.1, -0.05) is 0 Å². The van der Waals surface area contributed by atoms with Gasteiger partial charge in [0.25, 0.3) is 0 Å². The van der Waals surface area contributed by atoms with Crippen LogP contribution >= 0.6 is 0 Å². The number of carbonyl (C=O) groups is 3. The summed E-state index contributed by atoms with van der Waals surface area (Å²) in [5.41, 5.74) is -0.347. The molecule has 0 aliphatic heterocycles. The van der Waals surface area contributed by atoms with Gasteiger partial charge in [0.05, 0.1) is 13.2 Å². The average Bonchev–Trinajstić information content (AvgIpc) is 2.21. The predicted octanol–water partition coefficient (Wildman–Crippen LogP) is -0.237. The summed E-state index contributed by atoms with van der Waals surface area (Å²) >= 11 is 0. The van der Waals surface area contributed by atoms with Crippen molar-refractivity contribution in [2.24, 2.45) is 0 Å². The van der Waals surface area contributed by atoms with Crippen molar-refractivity contribution < 1.29 is 19.1 Å². The van der Waals surface area contributed by atoms with Crippen LogP contribution in [-0.2, 0) is 14.3 Å². The van der Waals surface area contributed by atoms with Crippen LogP contribution in [0.3, 0.4) is 0 Å². The van der Waals surface area contributed by atoms with Crippen molar-refractivity contribution in [1.82, 2.24) is 16.0 Å². The summed E-state index contributed by atoms with van der Waals surface area (Å²) in [6, 6.07) is -0.591. The highest BCUT2D eigenvalue weighted by molar-refractivity contribution is 5.85. The van der Waals surface area contributed by atoms with Crippen LogP contribution in [0.1, 0.15) is 27.7 Å². The van der Waals surface area contributed by atoms with Gasteiger partial charge in [0.15, 0.2) is 0 Å². The van der Waals surface area contributed by atoms with Gasteiger partial charge >= 0.3 is 12.0 Å². The molecule has 0 aromatic heterocycles. The molecule has 0 radical (unpaired) electrons. The van der Waals surface area contributed by atoms with Crippen LogP contribution in [0.25, 0.3) is 0 Å². The first kappa shape index (κ1) is 16.2. The Kier molecular flexibility index (Phi) is 6.77. The molecule has 104 valence electrons. The Morgan fingerprint density at radius 3 is 2.11 bits per heavy atom. The zero-order valence-electron chi connectivity index (χ0n) is 11.3. The number of hydrogen-bond acceptors (Lipinski definition) is 4. The fourth-order valence-corrected chi connectivity index (χ4v) is 1.05. The zero-order chi connectivity index (χ0) is 14.2. The normalized spacial score (nSPS) is 10.4. The molecule has 0 saturated heterocycles. The molecule has 0 saturated carbocycles. The first-order valence-electron chi connectivity index (χ1n) is 5.73. The maximum absolute atomic E-state index is 11.4. The number of hydrogen-bond donors (Lipinski definition) is 3. The molecule has 18 heavy (non-hydrogen) atoms. The molecule has 7 nitrogen and oxygen atoms in total. The molecule has 0 aromatic rings. The van der Waals surface area contributed by atoms with Crippen LogP contribution in [-0.4, -0.2) is 43.1 Å². The van der Waals surface area contributed by atoms with Gasteiger partial charge in [-0.3, -0.25) is 9.59 Å². The summed E-state index contributed by atoms with van der Waals surface area (Å²) in [5.74, 6) is -0.819. The van der Waals surface area contributed by atoms with Gasteiger partial charge in [0.2, 0.25) is 5.91 Å². The molecule has 0 atom stereocenters. The number of urea groups is 1. The van der Waals surface area contributed by atoms with Gasteiger partial charge < -0.3 is 20.7 Å². The van der Waals surface area contributed by atoms with Crippen LogP contribution in [0.2, 0.25) is 0 Å². The molecular weight excluding hydrogens is 238 g/mol. The monoisotopic (exact) mass is 259 g/mol. The number of nitrogens with one attached hydrogen (secondary N) is 3. The van der Waals surface area contributed by atoms with Crippen LogP contribution in [0.5, 0.6) is 0 Å². The fraction of sp³-hybridized carbons (Fsp3) is 0.727. The smallest absolute Gasteiger partial charge is 0.325 e. The van der Waals surface area contributed by atoms with Crippen molar-refractivity contribution in [3.05, 3.63) is 0 Å². The lowest BCUT2D eigenvalue weighted by Gasteiger charge is -2.20. The zero-order valence-corrected chi connectivity index (χ0v) is 11.3. The Hall–Kier alpha value is -1.79. The summed E-state index contributed by atoms with van der Waals surface area (Å²) in [7, 11) is 0. The van der Waals surface area contributed by atoms with E-state index in [1.165, 1.54) is 0 Å². The van der Waals surface area contributed by atoms with E-state index in [1.807, 2.05) is 20.8 Å². The van der Waals surface area contributed by atoms with Gasteiger partial charge in [0.1, 0.15) is 6.54 Å². The molecule has 0 aliphatic carbocycles. The van der Waals surface area contributed by atoms with Crippen molar-refractivity contribution in [3.8, 4) is 0 Å².